The first-order valence-corrected chi connectivity index (χ1v) is 9.89. The molecule has 1 aromatic carbocycles. The first kappa shape index (κ1) is 17.7. The van der Waals surface area contributed by atoms with Crippen molar-refractivity contribution >= 4 is 25.8 Å². The molecule has 0 bridgehead atoms. The topological polar surface area (TPSA) is 46.2 Å². The molecule has 0 aliphatic rings. The summed E-state index contributed by atoms with van der Waals surface area (Å²) in [6.07, 6.45) is 3.96. The minimum atomic E-state index is -2.85. The molecule has 114 valence electrons. The highest BCUT2D eigenvalue weighted by Gasteiger charge is 2.11. The third-order valence-corrected chi connectivity index (χ3v) is 4.75. The largest absolute Gasteiger partial charge is 0.317 e. The average Bonchev–Trinajstić information content (AvgIpc) is 2.34. The van der Waals surface area contributed by atoms with Crippen LogP contribution in [0.4, 0.5) is 0 Å². The van der Waals surface area contributed by atoms with E-state index in [4.69, 9.17) is 0 Å². The lowest BCUT2D eigenvalue weighted by molar-refractivity contribution is 0.444. The normalized spacial score (nSPS) is 13.3. The predicted molar refractivity (Wildman–Crippen MR) is 88.8 cm³/mol. The van der Waals surface area contributed by atoms with Gasteiger partial charge < -0.3 is 5.32 Å². The molecule has 0 aromatic heterocycles. The van der Waals surface area contributed by atoms with Crippen molar-refractivity contribution in [2.24, 2.45) is 5.92 Å². The molecular weight excluding hydrogens is 338 g/mol. The summed E-state index contributed by atoms with van der Waals surface area (Å²) < 4.78 is 23.5. The summed E-state index contributed by atoms with van der Waals surface area (Å²) in [6, 6.07) is 8.32. The average molecular weight is 362 g/mol. The molecule has 0 radical (unpaired) electrons. The fourth-order valence-corrected chi connectivity index (χ4v) is 3.39. The summed E-state index contributed by atoms with van der Waals surface area (Å²) >= 11 is 3.49. The first-order chi connectivity index (χ1) is 9.40. The van der Waals surface area contributed by atoms with Gasteiger partial charge in [-0.05, 0) is 56.0 Å². The molecular formula is C15H24BrNO2S. The van der Waals surface area contributed by atoms with Crippen LogP contribution in [-0.4, -0.2) is 33.5 Å². The van der Waals surface area contributed by atoms with Crippen LogP contribution in [0.3, 0.4) is 0 Å². The van der Waals surface area contributed by atoms with Crippen molar-refractivity contribution in [2.75, 3.05) is 25.1 Å². The van der Waals surface area contributed by atoms with Gasteiger partial charge in [0.15, 0.2) is 0 Å². The zero-order valence-electron chi connectivity index (χ0n) is 12.2. The summed E-state index contributed by atoms with van der Waals surface area (Å²) in [7, 11) is -2.85. The van der Waals surface area contributed by atoms with Crippen molar-refractivity contribution < 1.29 is 8.42 Å². The van der Waals surface area contributed by atoms with Crippen molar-refractivity contribution in [3.05, 3.63) is 34.3 Å². The van der Waals surface area contributed by atoms with E-state index in [2.05, 4.69) is 40.3 Å². The Morgan fingerprint density at radius 3 is 2.70 bits per heavy atom. The van der Waals surface area contributed by atoms with E-state index < -0.39 is 9.84 Å². The van der Waals surface area contributed by atoms with Gasteiger partial charge in [-0.1, -0.05) is 35.0 Å². The summed E-state index contributed by atoms with van der Waals surface area (Å²) in [5.74, 6) is 0.764. The van der Waals surface area contributed by atoms with Gasteiger partial charge >= 0.3 is 0 Å². The molecule has 1 rings (SSSR count). The Hall–Kier alpha value is -0.390. The maximum Gasteiger partial charge on any atom is 0.147 e. The smallest absolute Gasteiger partial charge is 0.147 e. The maximum atomic E-state index is 11.2. The van der Waals surface area contributed by atoms with E-state index in [9.17, 15) is 8.42 Å². The zero-order chi connectivity index (χ0) is 15.0. The van der Waals surface area contributed by atoms with E-state index in [0.29, 0.717) is 5.92 Å². The molecule has 20 heavy (non-hydrogen) atoms. The summed E-state index contributed by atoms with van der Waals surface area (Å²) in [5, 5.41) is 3.37. The van der Waals surface area contributed by atoms with Gasteiger partial charge in [-0.25, -0.2) is 8.42 Å². The van der Waals surface area contributed by atoms with Gasteiger partial charge in [0.25, 0.3) is 0 Å². The SMILES string of the molecule is CCNCC(CCCS(C)(=O)=O)Cc1cccc(Br)c1. The first-order valence-electron chi connectivity index (χ1n) is 7.03. The molecule has 0 amide bonds. The van der Waals surface area contributed by atoms with Gasteiger partial charge in [-0.2, -0.15) is 0 Å². The van der Waals surface area contributed by atoms with E-state index in [1.54, 1.807) is 0 Å². The molecule has 1 unspecified atom stereocenters. The number of nitrogens with one attached hydrogen (secondary N) is 1. The Morgan fingerprint density at radius 2 is 2.10 bits per heavy atom. The predicted octanol–water partition coefficient (Wildman–Crippen LogP) is 3.04. The molecule has 0 spiro atoms. The molecule has 1 N–H and O–H groups in total. The number of hydrogen-bond acceptors (Lipinski definition) is 3. The molecule has 0 fully saturated rings. The molecule has 0 saturated heterocycles. The number of rotatable bonds is 9. The van der Waals surface area contributed by atoms with Gasteiger partial charge in [0, 0.05) is 16.5 Å². The molecule has 0 saturated carbocycles. The minimum Gasteiger partial charge on any atom is -0.317 e. The second-order valence-corrected chi connectivity index (χ2v) is 8.46. The van der Waals surface area contributed by atoms with E-state index in [0.717, 1.165) is 36.8 Å². The number of benzene rings is 1. The van der Waals surface area contributed by atoms with Crippen LogP contribution in [0, 0.1) is 5.92 Å². The third-order valence-electron chi connectivity index (χ3n) is 3.22. The van der Waals surface area contributed by atoms with Gasteiger partial charge in [-0.15, -0.1) is 0 Å². The molecule has 0 heterocycles. The third kappa shape index (κ3) is 8.02. The van der Waals surface area contributed by atoms with Gasteiger partial charge in [0.1, 0.15) is 9.84 Å². The highest BCUT2D eigenvalue weighted by molar-refractivity contribution is 9.10. The van der Waals surface area contributed by atoms with Crippen LogP contribution in [0.5, 0.6) is 0 Å². The quantitative estimate of drug-likeness (QED) is 0.735. The molecule has 3 nitrogen and oxygen atoms in total. The van der Waals surface area contributed by atoms with E-state index in [1.165, 1.54) is 11.8 Å². The van der Waals surface area contributed by atoms with Crippen molar-refractivity contribution in [3.8, 4) is 0 Å². The highest BCUT2D eigenvalue weighted by atomic mass is 79.9. The van der Waals surface area contributed by atoms with Crippen molar-refractivity contribution in [1.82, 2.24) is 5.32 Å². The summed E-state index contributed by atoms with van der Waals surface area (Å²) in [5.41, 5.74) is 1.29. The Balaban J connectivity index is 2.55. The Bertz CT molecular complexity index is 502. The Labute approximate surface area is 131 Å². The minimum absolute atomic E-state index is 0.286. The number of hydrogen-bond donors (Lipinski definition) is 1. The van der Waals surface area contributed by atoms with E-state index in [1.807, 2.05) is 12.1 Å². The number of sulfone groups is 1. The van der Waals surface area contributed by atoms with Crippen molar-refractivity contribution in [2.45, 2.75) is 26.2 Å². The number of halogens is 1. The van der Waals surface area contributed by atoms with E-state index >= 15 is 0 Å². The van der Waals surface area contributed by atoms with Crippen LogP contribution in [-0.2, 0) is 16.3 Å². The fourth-order valence-electron chi connectivity index (χ4n) is 2.26. The molecule has 0 aliphatic heterocycles. The lowest BCUT2D eigenvalue weighted by Crippen LogP contribution is -2.24. The van der Waals surface area contributed by atoms with Crippen LogP contribution in [0.15, 0.2) is 28.7 Å². The second kappa shape index (κ2) is 8.80. The van der Waals surface area contributed by atoms with Crippen molar-refractivity contribution in [3.63, 3.8) is 0 Å². The van der Waals surface area contributed by atoms with E-state index in [-0.39, 0.29) is 5.75 Å². The molecule has 1 atom stereocenters. The maximum absolute atomic E-state index is 11.2. The molecule has 1 aromatic rings. The lowest BCUT2D eigenvalue weighted by Gasteiger charge is -2.17. The lowest BCUT2D eigenvalue weighted by atomic mass is 9.95. The standard InChI is InChI=1S/C15H24BrNO2S/c1-3-17-12-14(7-5-9-20(2,18)19)10-13-6-4-8-15(16)11-13/h4,6,8,11,14,17H,3,5,7,9-10,12H2,1-2H3. The second-order valence-electron chi connectivity index (χ2n) is 5.28. The Morgan fingerprint density at radius 1 is 1.35 bits per heavy atom. The van der Waals surface area contributed by atoms with Crippen molar-refractivity contribution in [1.29, 1.82) is 0 Å². The van der Waals surface area contributed by atoms with Crippen LogP contribution < -0.4 is 5.32 Å². The van der Waals surface area contributed by atoms with Gasteiger partial charge in [0.05, 0.1) is 0 Å². The van der Waals surface area contributed by atoms with Crippen LogP contribution in [0.25, 0.3) is 0 Å². The van der Waals surface area contributed by atoms with Crippen LogP contribution >= 0.6 is 15.9 Å². The highest BCUT2D eigenvalue weighted by Crippen LogP contribution is 2.18. The summed E-state index contributed by atoms with van der Waals surface area (Å²) in [6.45, 7) is 3.97. The van der Waals surface area contributed by atoms with Gasteiger partial charge in [0.2, 0.25) is 0 Å². The van der Waals surface area contributed by atoms with Crippen LogP contribution in [0.1, 0.15) is 25.3 Å². The monoisotopic (exact) mass is 361 g/mol. The molecule has 5 heteroatoms. The van der Waals surface area contributed by atoms with Crippen LogP contribution in [0.2, 0.25) is 0 Å². The Kier molecular flexibility index (Phi) is 7.77. The fraction of sp³-hybridized carbons (Fsp3) is 0.600. The zero-order valence-corrected chi connectivity index (χ0v) is 14.6. The summed E-state index contributed by atoms with van der Waals surface area (Å²) in [4.78, 5) is 0. The molecule has 0 aliphatic carbocycles. The van der Waals surface area contributed by atoms with Gasteiger partial charge in [-0.3, -0.25) is 0 Å².